The van der Waals surface area contributed by atoms with Crippen molar-refractivity contribution in [1.29, 1.82) is 0 Å². The van der Waals surface area contributed by atoms with E-state index in [1.807, 2.05) is 0 Å². The normalized spacial score (nSPS) is 15.3. The number of aliphatic hydroxyl groups is 1. The number of rotatable bonds is 7. The van der Waals surface area contributed by atoms with Gasteiger partial charge in [-0.3, -0.25) is 9.59 Å². The van der Waals surface area contributed by atoms with Crippen molar-refractivity contribution in [2.45, 2.75) is 12.0 Å². The first kappa shape index (κ1) is 21.0. The lowest BCUT2D eigenvalue weighted by Gasteiger charge is -2.24. The van der Waals surface area contributed by atoms with Crippen LogP contribution >= 0.6 is 0 Å². The fourth-order valence-electron chi connectivity index (χ4n) is 3.45. The Hall–Kier alpha value is -2.75. The van der Waals surface area contributed by atoms with Crippen LogP contribution in [0.1, 0.15) is 31.8 Å². The summed E-state index contributed by atoms with van der Waals surface area (Å²) < 4.78 is 35.7. The SMILES string of the molecule is COc1cc(CCNS(C)(=O)=O)c(C2(O)C(=O)c3ccccc3C2=O)cc1OC. The molecule has 2 aromatic carbocycles. The molecular weight excluding hydrogens is 398 g/mol. The molecule has 1 aliphatic carbocycles. The minimum atomic E-state index is -3.44. The molecule has 0 radical (unpaired) electrons. The van der Waals surface area contributed by atoms with Crippen molar-refractivity contribution in [2.75, 3.05) is 27.0 Å². The Morgan fingerprint density at radius 1 is 1.00 bits per heavy atom. The van der Waals surface area contributed by atoms with Crippen LogP contribution in [-0.2, 0) is 22.0 Å². The molecule has 2 aromatic rings. The van der Waals surface area contributed by atoms with Crippen molar-refractivity contribution in [3.8, 4) is 11.5 Å². The Morgan fingerprint density at radius 2 is 1.52 bits per heavy atom. The lowest BCUT2D eigenvalue weighted by molar-refractivity contribution is 0.0317. The zero-order valence-corrected chi connectivity index (χ0v) is 17.0. The number of benzene rings is 2. The molecule has 0 saturated carbocycles. The predicted octanol–water partition coefficient (Wildman–Crippen LogP) is 1.06. The summed E-state index contributed by atoms with van der Waals surface area (Å²) in [6.07, 6.45) is 1.14. The van der Waals surface area contributed by atoms with E-state index in [0.717, 1.165) is 6.26 Å². The second kappa shape index (κ2) is 7.58. The average molecular weight is 419 g/mol. The maximum atomic E-state index is 13.0. The number of nitrogens with one attached hydrogen (secondary N) is 1. The number of carbonyl (C=O) groups excluding carboxylic acids is 2. The molecule has 8 nitrogen and oxygen atoms in total. The molecular formula is C20H21NO7S. The van der Waals surface area contributed by atoms with Crippen LogP contribution in [0.4, 0.5) is 0 Å². The van der Waals surface area contributed by atoms with Crippen molar-refractivity contribution in [3.63, 3.8) is 0 Å². The van der Waals surface area contributed by atoms with Crippen LogP contribution in [0.3, 0.4) is 0 Å². The molecule has 0 saturated heterocycles. The number of carbonyl (C=O) groups is 2. The molecule has 9 heteroatoms. The number of methoxy groups -OCH3 is 2. The lowest BCUT2D eigenvalue weighted by atomic mass is 9.84. The van der Waals surface area contributed by atoms with Crippen LogP contribution < -0.4 is 14.2 Å². The molecule has 0 spiro atoms. The number of hydrogen-bond acceptors (Lipinski definition) is 7. The number of sulfonamides is 1. The Labute approximate surface area is 168 Å². The summed E-state index contributed by atoms with van der Waals surface area (Å²) in [5, 5.41) is 11.3. The van der Waals surface area contributed by atoms with Gasteiger partial charge in [-0.2, -0.15) is 0 Å². The van der Waals surface area contributed by atoms with E-state index < -0.39 is 27.2 Å². The number of ketones is 2. The second-order valence-corrected chi connectivity index (χ2v) is 8.53. The molecule has 3 rings (SSSR count). The van der Waals surface area contributed by atoms with Crippen LogP contribution in [0.15, 0.2) is 36.4 Å². The first-order chi connectivity index (χ1) is 13.6. The van der Waals surface area contributed by atoms with E-state index in [1.54, 1.807) is 12.1 Å². The van der Waals surface area contributed by atoms with E-state index in [-0.39, 0.29) is 35.4 Å². The Balaban J connectivity index is 2.14. The van der Waals surface area contributed by atoms with Gasteiger partial charge in [-0.25, -0.2) is 13.1 Å². The van der Waals surface area contributed by atoms with Crippen molar-refractivity contribution in [3.05, 3.63) is 58.7 Å². The van der Waals surface area contributed by atoms with E-state index >= 15 is 0 Å². The first-order valence-electron chi connectivity index (χ1n) is 8.74. The molecule has 0 heterocycles. The van der Waals surface area contributed by atoms with E-state index in [2.05, 4.69) is 4.72 Å². The summed E-state index contributed by atoms with van der Waals surface area (Å²) in [5.74, 6) is -0.915. The smallest absolute Gasteiger partial charge is 0.217 e. The van der Waals surface area contributed by atoms with E-state index in [1.165, 1.54) is 38.5 Å². The maximum absolute atomic E-state index is 13.0. The largest absolute Gasteiger partial charge is 0.493 e. The van der Waals surface area contributed by atoms with Crippen LogP contribution in [0.25, 0.3) is 0 Å². The Kier molecular flexibility index (Phi) is 5.48. The Bertz CT molecular complexity index is 1060. The van der Waals surface area contributed by atoms with Gasteiger partial charge in [0, 0.05) is 23.2 Å². The minimum absolute atomic E-state index is 0.00667. The zero-order chi connectivity index (χ0) is 21.4. The molecule has 0 aliphatic heterocycles. The summed E-state index contributed by atoms with van der Waals surface area (Å²) >= 11 is 0. The van der Waals surface area contributed by atoms with E-state index in [9.17, 15) is 23.1 Å². The number of Topliss-reactive ketones (excluding diaryl/α,β-unsaturated/α-hetero) is 2. The Morgan fingerprint density at radius 3 is 2.00 bits per heavy atom. The average Bonchev–Trinajstić information content (AvgIpc) is 2.89. The van der Waals surface area contributed by atoms with Gasteiger partial charge in [-0.05, 0) is 24.1 Å². The molecule has 0 bridgehead atoms. The van der Waals surface area contributed by atoms with Gasteiger partial charge in [0.25, 0.3) is 0 Å². The maximum Gasteiger partial charge on any atom is 0.217 e. The van der Waals surface area contributed by atoms with Crippen molar-refractivity contribution < 1.29 is 32.6 Å². The molecule has 0 unspecified atom stereocenters. The van der Waals surface area contributed by atoms with Gasteiger partial charge in [0.1, 0.15) is 0 Å². The topological polar surface area (TPSA) is 119 Å². The molecule has 0 atom stereocenters. The minimum Gasteiger partial charge on any atom is -0.493 e. The number of hydrogen-bond donors (Lipinski definition) is 2. The van der Waals surface area contributed by atoms with Crippen molar-refractivity contribution in [1.82, 2.24) is 4.72 Å². The van der Waals surface area contributed by atoms with Gasteiger partial charge in [-0.1, -0.05) is 24.3 Å². The molecule has 154 valence electrons. The van der Waals surface area contributed by atoms with Gasteiger partial charge in [-0.15, -0.1) is 0 Å². The van der Waals surface area contributed by atoms with Crippen LogP contribution in [0.2, 0.25) is 0 Å². The third kappa shape index (κ3) is 3.64. The molecule has 0 aromatic heterocycles. The van der Waals surface area contributed by atoms with Gasteiger partial charge >= 0.3 is 0 Å². The van der Waals surface area contributed by atoms with Crippen LogP contribution in [0.5, 0.6) is 11.5 Å². The van der Waals surface area contributed by atoms with E-state index in [0.29, 0.717) is 11.3 Å². The van der Waals surface area contributed by atoms with Crippen molar-refractivity contribution in [2.24, 2.45) is 0 Å². The highest BCUT2D eigenvalue weighted by molar-refractivity contribution is 7.88. The third-order valence-corrected chi connectivity index (χ3v) is 5.56. The summed E-state index contributed by atoms with van der Waals surface area (Å²) in [4.78, 5) is 26.0. The molecule has 0 fully saturated rings. The standard InChI is InChI=1S/C20H21NO7S/c1-27-16-10-12(8-9-21-29(3,25)26)15(11-17(16)28-2)20(24)18(22)13-6-4-5-7-14(13)19(20)23/h4-7,10-11,21,24H,8-9H2,1-3H3. The van der Waals surface area contributed by atoms with Gasteiger partial charge in [0.15, 0.2) is 11.5 Å². The predicted molar refractivity (Wildman–Crippen MR) is 105 cm³/mol. The molecule has 29 heavy (non-hydrogen) atoms. The quantitative estimate of drug-likeness (QED) is 0.644. The lowest BCUT2D eigenvalue weighted by Crippen LogP contribution is -2.39. The first-order valence-corrected chi connectivity index (χ1v) is 10.6. The van der Waals surface area contributed by atoms with Gasteiger partial charge in [0.2, 0.25) is 27.2 Å². The summed E-state index contributed by atoms with van der Waals surface area (Å²) in [5.41, 5.74) is -1.73. The number of ether oxygens (including phenoxy) is 2. The third-order valence-electron chi connectivity index (χ3n) is 4.83. The number of fused-ring (bicyclic) bond motifs is 1. The van der Waals surface area contributed by atoms with Gasteiger partial charge in [0.05, 0.1) is 20.5 Å². The zero-order valence-electron chi connectivity index (χ0n) is 16.2. The van der Waals surface area contributed by atoms with Crippen molar-refractivity contribution >= 4 is 21.6 Å². The highest BCUT2D eigenvalue weighted by atomic mass is 32.2. The van der Waals surface area contributed by atoms with E-state index in [4.69, 9.17) is 9.47 Å². The summed E-state index contributed by atoms with van der Waals surface area (Å²) in [7, 11) is -0.622. The highest BCUT2D eigenvalue weighted by Gasteiger charge is 2.54. The molecule has 0 amide bonds. The van der Waals surface area contributed by atoms with Crippen LogP contribution in [0, 0.1) is 0 Å². The molecule has 2 N–H and O–H groups in total. The van der Waals surface area contributed by atoms with Gasteiger partial charge < -0.3 is 14.6 Å². The fourth-order valence-corrected chi connectivity index (χ4v) is 3.93. The summed E-state index contributed by atoms with van der Waals surface area (Å²) in [6, 6.07) is 9.11. The van der Waals surface area contributed by atoms with Crippen LogP contribution in [-0.4, -0.2) is 52.1 Å². The highest BCUT2D eigenvalue weighted by Crippen LogP contribution is 2.42. The summed E-state index contributed by atoms with van der Waals surface area (Å²) in [6.45, 7) is 0.00667. The fraction of sp³-hybridized carbons (Fsp3) is 0.300. The molecule has 1 aliphatic rings. The monoisotopic (exact) mass is 419 g/mol. The second-order valence-electron chi connectivity index (χ2n) is 6.70.